The summed E-state index contributed by atoms with van der Waals surface area (Å²) in [5, 5.41) is 10.3. The molecular weight excluding hydrogens is 334 g/mol. The second kappa shape index (κ2) is 6.68. The Morgan fingerprint density at radius 2 is 1.84 bits per heavy atom. The Balaban J connectivity index is 1.48. The molecule has 0 bridgehead atoms. The highest BCUT2D eigenvalue weighted by Gasteiger charge is 2.20. The van der Waals surface area contributed by atoms with Gasteiger partial charge in [-0.3, -0.25) is 9.78 Å². The lowest BCUT2D eigenvalue weighted by Gasteiger charge is -2.36. The maximum atomic E-state index is 12.3. The van der Waals surface area contributed by atoms with Gasteiger partial charge in [-0.15, -0.1) is 21.5 Å². The number of thiophene rings is 1. The molecule has 0 atom stereocenters. The fourth-order valence-corrected chi connectivity index (χ4v) is 3.75. The third-order valence-corrected chi connectivity index (χ3v) is 5.26. The Bertz CT molecular complexity index is 913. The first-order valence-electron chi connectivity index (χ1n) is 8.28. The second-order valence-corrected chi connectivity index (χ2v) is 7.06. The van der Waals surface area contributed by atoms with Gasteiger partial charge in [0.2, 0.25) is 5.95 Å². The lowest BCUT2D eigenvalue weighted by Crippen LogP contribution is -2.47. The third kappa shape index (κ3) is 3.28. The molecule has 1 aliphatic heterocycles. The Labute approximate surface area is 149 Å². The lowest BCUT2D eigenvalue weighted by molar-refractivity contribution is 0.633. The minimum Gasteiger partial charge on any atom is -0.368 e. The highest BCUT2D eigenvalue weighted by atomic mass is 32.1. The fourth-order valence-electron chi connectivity index (χ4n) is 3.05. The third-order valence-electron chi connectivity index (χ3n) is 4.39. The van der Waals surface area contributed by atoms with Gasteiger partial charge in [-0.2, -0.15) is 0 Å². The number of nitrogens with zero attached hydrogens (tertiary/aromatic N) is 4. The molecule has 0 radical (unpaired) electrons. The molecule has 25 heavy (non-hydrogen) atoms. The van der Waals surface area contributed by atoms with Crippen LogP contribution in [0.5, 0.6) is 0 Å². The van der Waals surface area contributed by atoms with Crippen molar-refractivity contribution in [2.24, 2.45) is 0 Å². The predicted octanol–water partition coefficient (Wildman–Crippen LogP) is 2.53. The molecule has 1 aliphatic rings. The average Bonchev–Trinajstić information content (AvgIpc) is 3.16. The highest BCUT2D eigenvalue weighted by Crippen LogP contribution is 2.21. The molecule has 3 aromatic rings. The summed E-state index contributed by atoms with van der Waals surface area (Å²) in [6, 6.07) is 12.3. The summed E-state index contributed by atoms with van der Waals surface area (Å²) in [5.41, 5.74) is 2.71. The number of rotatable bonds is 3. The van der Waals surface area contributed by atoms with Crippen molar-refractivity contribution < 1.29 is 0 Å². The summed E-state index contributed by atoms with van der Waals surface area (Å²) in [5.74, 6) is 0.550. The fraction of sp³-hybridized carbons (Fsp3) is 0.278. The van der Waals surface area contributed by atoms with Gasteiger partial charge >= 0.3 is 0 Å². The minimum atomic E-state index is -0.187. The first-order chi connectivity index (χ1) is 12.2. The summed E-state index contributed by atoms with van der Waals surface area (Å²) in [6.45, 7) is 5.49. The Hall–Kier alpha value is -2.67. The molecular formula is C18H19N5OS. The molecule has 128 valence electrons. The molecule has 4 rings (SSSR count). The molecule has 2 aromatic heterocycles. The van der Waals surface area contributed by atoms with Gasteiger partial charge in [0.05, 0.1) is 4.88 Å². The maximum absolute atomic E-state index is 12.3. The summed E-state index contributed by atoms with van der Waals surface area (Å²) in [6.07, 6.45) is 0. The van der Waals surface area contributed by atoms with Crippen molar-refractivity contribution in [3.63, 3.8) is 0 Å². The van der Waals surface area contributed by atoms with E-state index in [1.165, 1.54) is 22.6 Å². The topological polar surface area (TPSA) is 65.1 Å². The van der Waals surface area contributed by atoms with Gasteiger partial charge < -0.3 is 9.80 Å². The standard InChI is InChI=1S/C18H19N5OS/c1-13-4-2-5-14(12-13)22-7-9-23(10-8-22)18-19-17(24)16(20-21-18)15-6-3-11-25-15/h2-6,11-12H,7-10H2,1H3,(H,19,21,24). The van der Waals surface area contributed by atoms with Crippen molar-refractivity contribution in [2.75, 3.05) is 36.0 Å². The molecule has 0 aliphatic carbocycles. The molecule has 0 unspecified atom stereocenters. The normalized spacial score (nSPS) is 14.8. The van der Waals surface area contributed by atoms with E-state index in [2.05, 4.69) is 56.2 Å². The molecule has 0 saturated carbocycles. The zero-order chi connectivity index (χ0) is 17.2. The number of aromatic amines is 1. The van der Waals surface area contributed by atoms with Crippen LogP contribution in [0.2, 0.25) is 0 Å². The Morgan fingerprint density at radius 3 is 2.52 bits per heavy atom. The van der Waals surface area contributed by atoms with Crippen LogP contribution in [0.15, 0.2) is 46.6 Å². The van der Waals surface area contributed by atoms with Crippen LogP contribution in [0.3, 0.4) is 0 Å². The van der Waals surface area contributed by atoms with E-state index < -0.39 is 0 Å². The van der Waals surface area contributed by atoms with E-state index in [0.717, 1.165) is 31.1 Å². The minimum absolute atomic E-state index is 0.187. The molecule has 1 fully saturated rings. The molecule has 1 N–H and O–H groups in total. The van der Waals surface area contributed by atoms with E-state index in [-0.39, 0.29) is 5.56 Å². The number of anilines is 2. The molecule has 3 heterocycles. The van der Waals surface area contributed by atoms with Gasteiger partial charge in [-0.25, -0.2) is 0 Å². The second-order valence-electron chi connectivity index (χ2n) is 6.12. The summed E-state index contributed by atoms with van der Waals surface area (Å²) in [4.78, 5) is 20.5. The van der Waals surface area contributed by atoms with Gasteiger partial charge in [0.15, 0.2) is 5.69 Å². The number of benzene rings is 1. The number of aromatic nitrogens is 3. The number of nitrogens with one attached hydrogen (secondary N) is 1. The van der Waals surface area contributed by atoms with Crippen molar-refractivity contribution in [1.29, 1.82) is 0 Å². The predicted molar refractivity (Wildman–Crippen MR) is 102 cm³/mol. The van der Waals surface area contributed by atoms with Crippen molar-refractivity contribution in [1.82, 2.24) is 15.2 Å². The van der Waals surface area contributed by atoms with E-state index in [9.17, 15) is 4.79 Å². The van der Waals surface area contributed by atoms with Gasteiger partial charge in [-0.05, 0) is 36.1 Å². The van der Waals surface area contributed by atoms with Crippen LogP contribution < -0.4 is 15.4 Å². The van der Waals surface area contributed by atoms with Crippen LogP contribution in [0, 0.1) is 6.92 Å². The first kappa shape index (κ1) is 15.8. The van der Waals surface area contributed by atoms with E-state index >= 15 is 0 Å². The van der Waals surface area contributed by atoms with Crippen LogP contribution in [-0.2, 0) is 0 Å². The summed E-state index contributed by atoms with van der Waals surface area (Å²) < 4.78 is 0. The highest BCUT2D eigenvalue weighted by molar-refractivity contribution is 7.13. The van der Waals surface area contributed by atoms with Gasteiger partial charge in [0.25, 0.3) is 5.56 Å². The summed E-state index contributed by atoms with van der Waals surface area (Å²) >= 11 is 1.49. The number of piperazine rings is 1. The smallest absolute Gasteiger partial charge is 0.280 e. The van der Waals surface area contributed by atoms with Gasteiger partial charge in [0.1, 0.15) is 0 Å². The largest absolute Gasteiger partial charge is 0.368 e. The maximum Gasteiger partial charge on any atom is 0.280 e. The molecule has 6 nitrogen and oxygen atoms in total. The lowest BCUT2D eigenvalue weighted by atomic mass is 10.2. The SMILES string of the molecule is Cc1cccc(N2CCN(c3nnc(-c4cccs4)c(=O)[nH]3)CC2)c1. The van der Waals surface area contributed by atoms with Gasteiger partial charge in [-0.1, -0.05) is 18.2 Å². The van der Waals surface area contributed by atoms with Gasteiger partial charge in [0, 0.05) is 31.9 Å². The number of aryl methyl sites for hydroxylation is 1. The van der Waals surface area contributed by atoms with E-state index in [1.807, 2.05) is 17.5 Å². The van der Waals surface area contributed by atoms with E-state index in [4.69, 9.17) is 0 Å². The number of hydrogen-bond donors (Lipinski definition) is 1. The van der Waals surface area contributed by atoms with Crippen LogP contribution in [-0.4, -0.2) is 41.4 Å². The average molecular weight is 353 g/mol. The molecule has 1 saturated heterocycles. The monoisotopic (exact) mass is 353 g/mol. The van der Waals surface area contributed by atoms with Crippen LogP contribution in [0.1, 0.15) is 5.56 Å². The van der Waals surface area contributed by atoms with Crippen molar-refractivity contribution in [3.8, 4) is 10.6 Å². The first-order valence-corrected chi connectivity index (χ1v) is 9.16. The zero-order valence-electron chi connectivity index (χ0n) is 14.0. The molecule has 1 aromatic carbocycles. The van der Waals surface area contributed by atoms with Crippen molar-refractivity contribution in [2.45, 2.75) is 6.92 Å². The summed E-state index contributed by atoms with van der Waals surface area (Å²) in [7, 11) is 0. The molecule has 0 spiro atoms. The van der Waals surface area contributed by atoms with Crippen molar-refractivity contribution >= 4 is 23.0 Å². The quantitative estimate of drug-likeness (QED) is 0.784. The van der Waals surface area contributed by atoms with Crippen molar-refractivity contribution in [3.05, 3.63) is 57.7 Å². The Kier molecular flexibility index (Phi) is 4.23. The number of H-pyrrole nitrogens is 1. The molecule has 7 heteroatoms. The molecule has 0 amide bonds. The van der Waals surface area contributed by atoms with Crippen LogP contribution >= 0.6 is 11.3 Å². The van der Waals surface area contributed by atoms with Crippen LogP contribution in [0.25, 0.3) is 10.6 Å². The Morgan fingerprint density at radius 1 is 1.04 bits per heavy atom. The van der Waals surface area contributed by atoms with E-state index in [1.54, 1.807) is 0 Å². The number of hydrogen-bond acceptors (Lipinski definition) is 6. The van der Waals surface area contributed by atoms with Crippen LogP contribution in [0.4, 0.5) is 11.6 Å². The zero-order valence-corrected chi connectivity index (χ0v) is 14.8. The van der Waals surface area contributed by atoms with E-state index in [0.29, 0.717) is 11.6 Å².